The van der Waals surface area contributed by atoms with Crippen molar-refractivity contribution < 1.29 is 9.53 Å². The van der Waals surface area contributed by atoms with Crippen molar-refractivity contribution in [2.75, 3.05) is 20.2 Å². The normalized spacial score (nSPS) is 19.8. The van der Waals surface area contributed by atoms with Gasteiger partial charge in [0.2, 0.25) is 0 Å². The third-order valence-electron chi connectivity index (χ3n) is 6.10. The minimum atomic E-state index is -0.00747. The highest BCUT2D eigenvalue weighted by molar-refractivity contribution is 5.94. The third kappa shape index (κ3) is 3.16. The standard InChI is InChI=1S/C23H22N4O3/c1-30-19-4-2-16(3-5-19)22(28)26-11-15-8-17(13-26)21-7-6-20(23(29)27(21)12-15)18-9-24-14-25-10-18/h2-7,9-10,14-15,17H,8,11-13H2,1H3. The zero-order valence-electron chi connectivity index (χ0n) is 16.7. The Morgan fingerprint density at radius 1 is 1.03 bits per heavy atom. The quantitative estimate of drug-likeness (QED) is 0.673. The summed E-state index contributed by atoms with van der Waals surface area (Å²) in [7, 11) is 1.61. The van der Waals surface area contributed by atoms with Crippen molar-refractivity contribution in [2.24, 2.45) is 5.92 Å². The Hall–Kier alpha value is -3.48. The molecule has 5 rings (SSSR count). The van der Waals surface area contributed by atoms with Crippen molar-refractivity contribution >= 4 is 5.91 Å². The molecule has 0 spiro atoms. The molecule has 0 aliphatic carbocycles. The number of nitrogens with zero attached hydrogens (tertiary/aromatic N) is 4. The molecule has 0 saturated carbocycles. The number of carbonyl (C=O) groups is 1. The number of methoxy groups -OCH3 is 1. The van der Waals surface area contributed by atoms with Crippen molar-refractivity contribution in [3.63, 3.8) is 0 Å². The van der Waals surface area contributed by atoms with Gasteiger partial charge in [0, 0.05) is 54.8 Å². The molecule has 3 aromatic rings. The maximum absolute atomic E-state index is 13.2. The number of ether oxygens (including phenoxy) is 1. The van der Waals surface area contributed by atoms with Crippen LogP contribution in [0.2, 0.25) is 0 Å². The van der Waals surface area contributed by atoms with E-state index in [1.165, 1.54) is 6.33 Å². The van der Waals surface area contributed by atoms with E-state index in [4.69, 9.17) is 4.74 Å². The molecule has 0 radical (unpaired) electrons. The van der Waals surface area contributed by atoms with Gasteiger partial charge in [0.25, 0.3) is 11.5 Å². The van der Waals surface area contributed by atoms with Crippen LogP contribution in [0.3, 0.4) is 0 Å². The van der Waals surface area contributed by atoms with Gasteiger partial charge in [-0.05, 0) is 48.7 Å². The molecule has 7 nitrogen and oxygen atoms in total. The second-order valence-corrected chi connectivity index (χ2v) is 7.95. The zero-order chi connectivity index (χ0) is 20.7. The maximum Gasteiger partial charge on any atom is 0.258 e. The van der Waals surface area contributed by atoms with E-state index < -0.39 is 0 Å². The summed E-state index contributed by atoms with van der Waals surface area (Å²) in [5.74, 6) is 1.18. The lowest BCUT2D eigenvalue weighted by Gasteiger charge is -2.43. The molecule has 2 unspecified atom stereocenters. The van der Waals surface area contributed by atoms with Crippen LogP contribution in [0.1, 0.15) is 28.4 Å². The summed E-state index contributed by atoms with van der Waals surface area (Å²) in [5, 5.41) is 0. The summed E-state index contributed by atoms with van der Waals surface area (Å²) in [5.41, 5.74) is 3.00. The largest absolute Gasteiger partial charge is 0.497 e. The first-order valence-corrected chi connectivity index (χ1v) is 10.1. The average Bonchev–Trinajstić information content (AvgIpc) is 2.80. The maximum atomic E-state index is 13.2. The predicted octanol–water partition coefficient (Wildman–Crippen LogP) is 2.57. The molecule has 152 valence electrons. The number of benzene rings is 1. The molecule has 30 heavy (non-hydrogen) atoms. The molecule has 2 aromatic heterocycles. The van der Waals surface area contributed by atoms with Crippen molar-refractivity contribution in [3.05, 3.63) is 76.7 Å². The Morgan fingerprint density at radius 3 is 2.53 bits per heavy atom. The highest BCUT2D eigenvalue weighted by Crippen LogP contribution is 2.36. The first-order valence-electron chi connectivity index (χ1n) is 10.1. The van der Waals surface area contributed by atoms with Gasteiger partial charge in [-0.15, -0.1) is 0 Å². The topological polar surface area (TPSA) is 77.3 Å². The van der Waals surface area contributed by atoms with Crippen LogP contribution in [0.15, 0.2) is 59.9 Å². The Kier molecular flexibility index (Phi) is 4.58. The zero-order valence-corrected chi connectivity index (χ0v) is 16.7. The van der Waals surface area contributed by atoms with E-state index in [1.807, 2.05) is 33.7 Å². The summed E-state index contributed by atoms with van der Waals surface area (Å²) in [6, 6.07) is 11.1. The van der Waals surface area contributed by atoms with Crippen molar-refractivity contribution in [2.45, 2.75) is 18.9 Å². The molecule has 2 aliphatic heterocycles. The van der Waals surface area contributed by atoms with Gasteiger partial charge in [-0.1, -0.05) is 0 Å². The number of hydrogen-bond acceptors (Lipinski definition) is 5. The minimum absolute atomic E-state index is 0.00747. The van der Waals surface area contributed by atoms with Crippen LogP contribution in [0.25, 0.3) is 11.1 Å². The van der Waals surface area contributed by atoms with E-state index in [2.05, 4.69) is 9.97 Å². The van der Waals surface area contributed by atoms with Crippen molar-refractivity contribution in [3.8, 4) is 16.9 Å². The molecule has 4 heterocycles. The number of aromatic nitrogens is 3. The first kappa shape index (κ1) is 18.5. The number of carbonyl (C=O) groups excluding carboxylic acids is 1. The monoisotopic (exact) mass is 402 g/mol. The molecule has 7 heteroatoms. The summed E-state index contributed by atoms with van der Waals surface area (Å²) in [4.78, 5) is 36.2. The van der Waals surface area contributed by atoms with Gasteiger partial charge < -0.3 is 14.2 Å². The number of amides is 1. The van der Waals surface area contributed by atoms with Crippen LogP contribution >= 0.6 is 0 Å². The van der Waals surface area contributed by atoms with Crippen molar-refractivity contribution in [1.82, 2.24) is 19.4 Å². The van der Waals surface area contributed by atoms with Crippen LogP contribution in [-0.4, -0.2) is 45.5 Å². The van der Waals surface area contributed by atoms with Crippen LogP contribution in [0.5, 0.6) is 5.75 Å². The number of pyridine rings is 1. The van der Waals surface area contributed by atoms with E-state index in [0.717, 1.165) is 23.4 Å². The van der Waals surface area contributed by atoms with Gasteiger partial charge in [-0.25, -0.2) is 9.97 Å². The summed E-state index contributed by atoms with van der Waals surface area (Å²) in [6.07, 6.45) is 5.78. The fourth-order valence-electron chi connectivity index (χ4n) is 4.69. The lowest BCUT2D eigenvalue weighted by Crippen LogP contribution is -2.49. The number of hydrogen-bond donors (Lipinski definition) is 0. The molecular weight excluding hydrogens is 380 g/mol. The lowest BCUT2D eigenvalue weighted by molar-refractivity contribution is 0.0594. The molecule has 2 aliphatic rings. The second kappa shape index (κ2) is 7.40. The predicted molar refractivity (Wildman–Crippen MR) is 111 cm³/mol. The van der Waals surface area contributed by atoms with Gasteiger partial charge in [0.1, 0.15) is 12.1 Å². The highest BCUT2D eigenvalue weighted by Gasteiger charge is 2.37. The summed E-state index contributed by atoms with van der Waals surface area (Å²) < 4.78 is 7.07. The Labute approximate surface area is 174 Å². The highest BCUT2D eigenvalue weighted by atomic mass is 16.5. The number of likely N-dealkylation sites (tertiary alicyclic amines) is 1. The fraction of sp³-hybridized carbons (Fsp3) is 0.304. The van der Waals surface area contributed by atoms with Crippen molar-refractivity contribution in [1.29, 1.82) is 0 Å². The number of fused-ring (bicyclic) bond motifs is 4. The van der Waals surface area contributed by atoms with Gasteiger partial charge in [0.15, 0.2) is 0 Å². The summed E-state index contributed by atoms with van der Waals surface area (Å²) in [6.45, 7) is 1.90. The SMILES string of the molecule is COc1ccc(C(=O)N2CC3CC(C2)c2ccc(-c4cncnc4)c(=O)n2C3)cc1. The molecule has 1 fully saturated rings. The Morgan fingerprint density at radius 2 is 1.80 bits per heavy atom. The van der Waals surface area contributed by atoms with E-state index in [-0.39, 0.29) is 23.3 Å². The molecule has 2 bridgehead atoms. The van der Waals surface area contributed by atoms with Crippen LogP contribution in [0.4, 0.5) is 0 Å². The molecule has 0 N–H and O–H groups in total. The van der Waals surface area contributed by atoms with E-state index in [1.54, 1.807) is 31.6 Å². The lowest BCUT2D eigenvalue weighted by atomic mass is 9.82. The second-order valence-electron chi connectivity index (χ2n) is 7.95. The summed E-state index contributed by atoms with van der Waals surface area (Å²) >= 11 is 0. The van der Waals surface area contributed by atoms with E-state index in [0.29, 0.717) is 30.8 Å². The smallest absolute Gasteiger partial charge is 0.258 e. The van der Waals surface area contributed by atoms with Gasteiger partial charge >= 0.3 is 0 Å². The van der Waals surface area contributed by atoms with Gasteiger partial charge in [-0.3, -0.25) is 9.59 Å². The van der Waals surface area contributed by atoms with Crippen LogP contribution in [0, 0.1) is 5.92 Å². The Bertz CT molecular complexity index is 1140. The van der Waals surface area contributed by atoms with Gasteiger partial charge in [0.05, 0.1) is 12.7 Å². The van der Waals surface area contributed by atoms with Crippen LogP contribution < -0.4 is 10.3 Å². The van der Waals surface area contributed by atoms with Gasteiger partial charge in [-0.2, -0.15) is 0 Å². The number of piperidine rings is 1. The molecular formula is C23H22N4O3. The Balaban J connectivity index is 1.43. The molecule has 2 atom stereocenters. The number of rotatable bonds is 3. The molecule has 1 saturated heterocycles. The van der Waals surface area contributed by atoms with E-state index >= 15 is 0 Å². The molecule has 1 amide bonds. The van der Waals surface area contributed by atoms with Crippen LogP contribution in [-0.2, 0) is 6.54 Å². The molecule has 1 aromatic carbocycles. The fourth-order valence-corrected chi connectivity index (χ4v) is 4.69. The average molecular weight is 402 g/mol. The third-order valence-corrected chi connectivity index (χ3v) is 6.10. The minimum Gasteiger partial charge on any atom is -0.497 e. The first-order chi connectivity index (χ1) is 14.6. The van der Waals surface area contributed by atoms with E-state index in [9.17, 15) is 9.59 Å².